The van der Waals surface area contributed by atoms with Gasteiger partial charge in [0, 0.05) is 13.1 Å². The van der Waals surface area contributed by atoms with Crippen molar-refractivity contribution in [2.24, 2.45) is 10.8 Å². The predicted octanol–water partition coefficient (Wildman–Crippen LogP) is 3.04. The summed E-state index contributed by atoms with van der Waals surface area (Å²) in [6, 6.07) is 0. The summed E-state index contributed by atoms with van der Waals surface area (Å²) in [4.78, 5) is 0. The molecule has 0 radical (unpaired) electrons. The van der Waals surface area contributed by atoms with Crippen molar-refractivity contribution in [3.63, 3.8) is 0 Å². The molecule has 0 rings (SSSR count). The fraction of sp³-hybridized carbons (Fsp3) is 1.00. The summed E-state index contributed by atoms with van der Waals surface area (Å²) >= 11 is 0. The lowest BCUT2D eigenvalue weighted by Gasteiger charge is -2.19. The highest BCUT2D eigenvalue weighted by Crippen LogP contribution is 2.17. The van der Waals surface area contributed by atoms with Crippen molar-refractivity contribution in [3.8, 4) is 0 Å². The van der Waals surface area contributed by atoms with Crippen LogP contribution in [-0.4, -0.2) is 26.2 Å². The molecular weight excluding hydrogens is 196 g/mol. The molecule has 2 nitrogen and oxygen atoms in total. The van der Waals surface area contributed by atoms with Crippen molar-refractivity contribution in [1.82, 2.24) is 10.6 Å². The first kappa shape index (κ1) is 15.9. The van der Waals surface area contributed by atoms with E-state index in [1.807, 2.05) is 0 Å². The van der Waals surface area contributed by atoms with Crippen LogP contribution in [0.1, 0.15) is 54.4 Å². The Morgan fingerprint density at radius 3 is 1.12 bits per heavy atom. The molecule has 0 bridgehead atoms. The van der Waals surface area contributed by atoms with Crippen molar-refractivity contribution in [3.05, 3.63) is 0 Å². The van der Waals surface area contributed by atoms with E-state index in [9.17, 15) is 0 Å². The molecule has 2 heteroatoms. The van der Waals surface area contributed by atoms with E-state index in [1.54, 1.807) is 0 Å². The largest absolute Gasteiger partial charge is 0.315 e. The molecule has 0 aliphatic rings. The second-order valence-electron chi connectivity index (χ2n) is 7.12. The van der Waals surface area contributed by atoms with Crippen LogP contribution in [0.3, 0.4) is 0 Å². The summed E-state index contributed by atoms with van der Waals surface area (Å²) in [7, 11) is 0. The summed E-state index contributed by atoms with van der Waals surface area (Å²) in [6.07, 6.45) is 2.49. The highest BCUT2D eigenvalue weighted by Gasteiger charge is 2.09. The van der Waals surface area contributed by atoms with Crippen molar-refractivity contribution in [2.75, 3.05) is 26.2 Å². The molecule has 0 fully saturated rings. The van der Waals surface area contributed by atoms with Crippen molar-refractivity contribution in [2.45, 2.75) is 54.4 Å². The van der Waals surface area contributed by atoms with E-state index in [-0.39, 0.29) is 0 Å². The molecule has 16 heavy (non-hydrogen) atoms. The first-order chi connectivity index (χ1) is 7.21. The van der Waals surface area contributed by atoms with Gasteiger partial charge in [-0.05, 0) is 36.8 Å². The third-order valence-corrected chi connectivity index (χ3v) is 2.58. The van der Waals surface area contributed by atoms with Crippen LogP contribution in [0.4, 0.5) is 0 Å². The lowest BCUT2D eigenvalue weighted by molar-refractivity contribution is 0.358. The Morgan fingerprint density at radius 1 is 0.562 bits per heavy atom. The van der Waals surface area contributed by atoms with Gasteiger partial charge in [-0.25, -0.2) is 0 Å². The van der Waals surface area contributed by atoms with Crippen LogP contribution in [-0.2, 0) is 0 Å². The molecule has 98 valence electrons. The van der Waals surface area contributed by atoms with Gasteiger partial charge in [0.25, 0.3) is 0 Å². The Labute approximate surface area is 103 Å². The summed E-state index contributed by atoms with van der Waals surface area (Å²) in [5, 5.41) is 6.95. The normalized spacial score (nSPS) is 13.1. The van der Waals surface area contributed by atoms with Crippen LogP contribution >= 0.6 is 0 Å². The Hall–Kier alpha value is -0.0800. The smallest absolute Gasteiger partial charge is 0.00767 e. The highest BCUT2D eigenvalue weighted by molar-refractivity contribution is 4.65. The minimum absolute atomic E-state index is 0.451. The van der Waals surface area contributed by atoms with Gasteiger partial charge in [0.15, 0.2) is 0 Å². The van der Waals surface area contributed by atoms with E-state index in [1.165, 1.54) is 12.8 Å². The lowest BCUT2D eigenvalue weighted by Crippen LogP contribution is -2.31. The van der Waals surface area contributed by atoms with Crippen molar-refractivity contribution < 1.29 is 0 Å². The summed E-state index contributed by atoms with van der Waals surface area (Å²) in [6.45, 7) is 18.2. The number of nitrogens with one attached hydrogen (secondary N) is 2. The molecule has 0 heterocycles. The molecule has 0 aliphatic carbocycles. The summed E-state index contributed by atoms with van der Waals surface area (Å²) in [5.41, 5.74) is 0.902. The van der Waals surface area contributed by atoms with E-state index < -0.39 is 0 Å². The van der Waals surface area contributed by atoms with Gasteiger partial charge in [-0.15, -0.1) is 0 Å². The zero-order valence-electron chi connectivity index (χ0n) is 12.2. The number of rotatable bonds is 7. The third-order valence-electron chi connectivity index (χ3n) is 2.58. The maximum Gasteiger partial charge on any atom is 0.00767 e. The molecule has 2 N–H and O–H groups in total. The van der Waals surface area contributed by atoms with E-state index in [0.29, 0.717) is 10.8 Å². The van der Waals surface area contributed by atoms with Gasteiger partial charge in [-0.1, -0.05) is 41.5 Å². The first-order valence-electron chi connectivity index (χ1n) is 6.62. The van der Waals surface area contributed by atoms with E-state index in [2.05, 4.69) is 52.2 Å². The lowest BCUT2D eigenvalue weighted by atomic mass is 9.92. The molecule has 0 spiro atoms. The molecule has 0 aromatic heterocycles. The van der Waals surface area contributed by atoms with Crippen LogP contribution in [0.5, 0.6) is 0 Å². The van der Waals surface area contributed by atoms with Gasteiger partial charge in [0.05, 0.1) is 0 Å². The number of hydrogen-bond donors (Lipinski definition) is 2. The van der Waals surface area contributed by atoms with Gasteiger partial charge in [-0.2, -0.15) is 0 Å². The highest BCUT2D eigenvalue weighted by atomic mass is 14.9. The average Bonchev–Trinajstić information content (AvgIpc) is 2.06. The fourth-order valence-electron chi connectivity index (χ4n) is 1.35. The van der Waals surface area contributed by atoms with Crippen molar-refractivity contribution >= 4 is 0 Å². The van der Waals surface area contributed by atoms with E-state index in [4.69, 9.17) is 0 Å². The van der Waals surface area contributed by atoms with Gasteiger partial charge < -0.3 is 10.6 Å². The fourth-order valence-corrected chi connectivity index (χ4v) is 1.35. The molecule has 0 unspecified atom stereocenters. The van der Waals surface area contributed by atoms with Crippen LogP contribution < -0.4 is 10.6 Å². The zero-order valence-corrected chi connectivity index (χ0v) is 12.2. The Bertz CT molecular complexity index is 143. The maximum absolute atomic E-state index is 3.48. The topological polar surface area (TPSA) is 24.1 Å². The van der Waals surface area contributed by atoms with Gasteiger partial charge in [0.2, 0.25) is 0 Å². The standard InChI is InChI=1S/C14H32N2/c1-13(2,3)7-9-15-11-12-16-10-8-14(4,5)6/h15-16H,7-12H2,1-6H3. The minimum atomic E-state index is 0.451. The predicted molar refractivity (Wildman–Crippen MR) is 73.9 cm³/mol. The maximum atomic E-state index is 3.48. The monoisotopic (exact) mass is 228 g/mol. The molecule has 0 aromatic rings. The van der Waals surface area contributed by atoms with E-state index >= 15 is 0 Å². The van der Waals surface area contributed by atoms with Crippen LogP contribution in [0.25, 0.3) is 0 Å². The average molecular weight is 228 g/mol. The summed E-state index contributed by atoms with van der Waals surface area (Å²) < 4.78 is 0. The molecule has 0 atom stereocenters. The SMILES string of the molecule is CC(C)(C)CCNCCNCCC(C)(C)C. The quantitative estimate of drug-likeness (QED) is 0.655. The Kier molecular flexibility index (Phi) is 7.25. The van der Waals surface area contributed by atoms with Crippen LogP contribution in [0, 0.1) is 10.8 Å². The van der Waals surface area contributed by atoms with Gasteiger partial charge >= 0.3 is 0 Å². The summed E-state index contributed by atoms with van der Waals surface area (Å²) in [5.74, 6) is 0. The van der Waals surface area contributed by atoms with Crippen LogP contribution in [0.15, 0.2) is 0 Å². The zero-order chi connectivity index (χ0) is 12.7. The molecule has 0 saturated heterocycles. The minimum Gasteiger partial charge on any atom is -0.315 e. The van der Waals surface area contributed by atoms with Crippen LogP contribution in [0.2, 0.25) is 0 Å². The van der Waals surface area contributed by atoms with Crippen molar-refractivity contribution in [1.29, 1.82) is 0 Å². The number of hydrogen-bond acceptors (Lipinski definition) is 2. The van der Waals surface area contributed by atoms with Gasteiger partial charge in [0.1, 0.15) is 0 Å². The first-order valence-corrected chi connectivity index (χ1v) is 6.62. The van der Waals surface area contributed by atoms with E-state index in [0.717, 1.165) is 26.2 Å². The molecule has 0 aliphatic heterocycles. The third kappa shape index (κ3) is 13.9. The molecular formula is C14H32N2. The second-order valence-corrected chi connectivity index (χ2v) is 7.12. The Balaban J connectivity index is 3.17. The Morgan fingerprint density at radius 2 is 0.875 bits per heavy atom. The molecule has 0 saturated carbocycles. The molecule has 0 amide bonds. The second kappa shape index (κ2) is 7.29. The van der Waals surface area contributed by atoms with Gasteiger partial charge in [-0.3, -0.25) is 0 Å². The molecule has 0 aromatic carbocycles.